The summed E-state index contributed by atoms with van der Waals surface area (Å²) in [7, 11) is 2.44. The van der Waals surface area contributed by atoms with Gasteiger partial charge in [0.1, 0.15) is 0 Å². The maximum Gasteiger partial charge on any atom is 0.320 e. The Balaban J connectivity index is 4.71. The van der Waals surface area contributed by atoms with Crippen molar-refractivity contribution in [3.63, 3.8) is 0 Å². The minimum Gasteiger partial charge on any atom is -0.468 e. The summed E-state index contributed by atoms with van der Waals surface area (Å²) in [6.07, 6.45) is 11.5. The first-order valence-electron chi connectivity index (χ1n) is 5.13. The zero-order chi connectivity index (χ0) is 13.3. The zero-order valence-corrected chi connectivity index (χ0v) is 10.1. The SMILES string of the molecule is C#CCC(CC#C)CC(C(=O)OC)C(=O)OC. The molecule has 0 aromatic rings. The molecule has 0 rings (SSSR count). The molecule has 0 saturated carbocycles. The summed E-state index contributed by atoms with van der Waals surface area (Å²) < 4.78 is 9.10. The van der Waals surface area contributed by atoms with E-state index in [1.165, 1.54) is 14.2 Å². The van der Waals surface area contributed by atoms with Gasteiger partial charge in [0, 0.05) is 12.8 Å². The number of ether oxygens (including phenoxy) is 2. The Labute approximate surface area is 102 Å². The van der Waals surface area contributed by atoms with Crippen LogP contribution in [0.15, 0.2) is 0 Å². The highest BCUT2D eigenvalue weighted by atomic mass is 16.5. The van der Waals surface area contributed by atoms with Crippen LogP contribution in [0, 0.1) is 36.5 Å². The lowest BCUT2D eigenvalue weighted by Crippen LogP contribution is -2.28. The van der Waals surface area contributed by atoms with Crippen molar-refractivity contribution >= 4 is 11.9 Å². The maximum absolute atomic E-state index is 11.4. The molecular formula is C13H16O4. The minimum absolute atomic E-state index is 0.0896. The predicted molar refractivity (Wildman–Crippen MR) is 62.5 cm³/mol. The summed E-state index contributed by atoms with van der Waals surface area (Å²) in [6, 6.07) is 0. The van der Waals surface area contributed by atoms with Gasteiger partial charge in [0.25, 0.3) is 0 Å². The first-order chi connectivity index (χ1) is 8.10. The normalized spacial score (nSPS) is 9.53. The van der Waals surface area contributed by atoms with E-state index >= 15 is 0 Å². The molecule has 0 spiro atoms. The largest absolute Gasteiger partial charge is 0.468 e. The van der Waals surface area contributed by atoms with Crippen molar-refractivity contribution in [2.45, 2.75) is 19.3 Å². The van der Waals surface area contributed by atoms with Crippen LogP contribution in [0.1, 0.15) is 19.3 Å². The third-order valence-corrected chi connectivity index (χ3v) is 2.35. The molecule has 4 nitrogen and oxygen atoms in total. The summed E-state index contributed by atoms with van der Waals surface area (Å²) in [5.41, 5.74) is 0. The van der Waals surface area contributed by atoms with Gasteiger partial charge in [-0.2, -0.15) is 0 Å². The lowest BCUT2D eigenvalue weighted by atomic mass is 9.90. The molecule has 0 unspecified atom stereocenters. The lowest BCUT2D eigenvalue weighted by Gasteiger charge is -2.17. The van der Waals surface area contributed by atoms with E-state index in [0.717, 1.165) is 0 Å². The van der Waals surface area contributed by atoms with E-state index in [4.69, 9.17) is 12.8 Å². The van der Waals surface area contributed by atoms with E-state index in [2.05, 4.69) is 21.3 Å². The van der Waals surface area contributed by atoms with Crippen LogP contribution in [-0.2, 0) is 19.1 Å². The first kappa shape index (κ1) is 15.1. The monoisotopic (exact) mass is 236 g/mol. The Morgan fingerprint density at radius 1 is 1.06 bits per heavy atom. The van der Waals surface area contributed by atoms with Gasteiger partial charge < -0.3 is 9.47 Å². The number of rotatable bonds is 6. The second-order valence-corrected chi connectivity index (χ2v) is 3.52. The number of carbonyl (C=O) groups is 2. The average molecular weight is 236 g/mol. The third-order valence-electron chi connectivity index (χ3n) is 2.35. The summed E-state index contributed by atoms with van der Waals surface area (Å²) in [4.78, 5) is 22.9. The van der Waals surface area contributed by atoms with Gasteiger partial charge >= 0.3 is 11.9 Å². The van der Waals surface area contributed by atoms with Gasteiger partial charge in [0.05, 0.1) is 14.2 Å². The van der Waals surface area contributed by atoms with Crippen LogP contribution in [0.3, 0.4) is 0 Å². The quantitative estimate of drug-likeness (QED) is 0.392. The number of methoxy groups -OCH3 is 2. The second kappa shape index (κ2) is 8.24. The molecule has 0 aliphatic carbocycles. The van der Waals surface area contributed by atoms with Crippen molar-refractivity contribution in [1.82, 2.24) is 0 Å². The molecule has 0 heterocycles. The molecule has 0 aliphatic rings. The molecule has 4 heteroatoms. The Morgan fingerprint density at radius 3 is 1.76 bits per heavy atom. The van der Waals surface area contributed by atoms with Crippen LogP contribution in [0.25, 0.3) is 0 Å². The Hall–Kier alpha value is -1.94. The third kappa shape index (κ3) is 5.08. The van der Waals surface area contributed by atoms with Gasteiger partial charge in [-0.05, 0) is 12.3 Å². The van der Waals surface area contributed by atoms with E-state index < -0.39 is 17.9 Å². The first-order valence-corrected chi connectivity index (χ1v) is 5.13. The minimum atomic E-state index is -0.961. The van der Waals surface area contributed by atoms with E-state index in [-0.39, 0.29) is 12.3 Å². The van der Waals surface area contributed by atoms with Crippen molar-refractivity contribution in [3.8, 4) is 24.7 Å². The molecule has 0 aliphatic heterocycles. The number of terminal acetylenes is 2. The van der Waals surface area contributed by atoms with E-state index in [0.29, 0.717) is 12.8 Å². The van der Waals surface area contributed by atoms with Crippen molar-refractivity contribution in [1.29, 1.82) is 0 Å². The summed E-state index contributed by atoms with van der Waals surface area (Å²) >= 11 is 0. The van der Waals surface area contributed by atoms with Gasteiger partial charge in [0.15, 0.2) is 5.92 Å². The molecule has 92 valence electrons. The standard InChI is InChI=1S/C13H16O4/c1-5-7-10(8-6-2)9-11(12(14)16-3)13(15)17-4/h1-2,10-11H,7-9H2,3-4H3. The van der Waals surface area contributed by atoms with E-state index in [1.807, 2.05) is 0 Å². The van der Waals surface area contributed by atoms with Gasteiger partial charge in [-0.3, -0.25) is 9.59 Å². The molecule has 0 amide bonds. The van der Waals surface area contributed by atoms with Crippen LogP contribution in [-0.4, -0.2) is 26.2 Å². The Bertz CT molecular complexity index is 313. The Morgan fingerprint density at radius 2 is 1.47 bits per heavy atom. The predicted octanol–water partition coefficient (Wildman–Crippen LogP) is 1.00. The molecular weight excluding hydrogens is 220 g/mol. The molecule has 0 fully saturated rings. The van der Waals surface area contributed by atoms with Crippen LogP contribution in [0.2, 0.25) is 0 Å². The van der Waals surface area contributed by atoms with Crippen molar-refractivity contribution < 1.29 is 19.1 Å². The summed E-state index contributed by atoms with van der Waals surface area (Å²) in [5, 5.41) is 0. The molecule has 0 saturated heterocycles. The molecule has 0 bridgehead atoms. The number of hydrogen-bond acceptors (Lipinski definition) is 4. The second-order valence-electron chi connectivity index (χ2n) is 3.52. The molecule has 0 N–H and O–H groups in total. The number of carbonyl (C=O) groups excluding carboxylic acids is 2. The maximum atomic E-state index is 11.4. The lowest BCUT2D eigenvalue weighted by molar-refractivity contribution is -0.159. The Kier molecular flexibility index (Phi) is 7.30. The van der Waals surface area contributed by atoms with Gasteiger partial charge in [-0.15, -0.1) is 24.7 Å². The molecule has 0 atom stereocenters. The van der Waals surface area contributed by atoms with Crippen molar-refractivity contribution in [3.05, 3.63) is 0 Å². The van der Waals surface area contributed by atoms with E-state index in [1.54, 1.807) is 0 Å². The highest BCUT2D eigenvalue weighted by molar-refractivity contribution is 5.94. The fourth-order valence-corrected chi connectivity index (χ4v) is 1.48. The fourth-order valence-electron chi connectivity index (χ4n) is 1.48. The van der Waals surface area contributed by atoms with Crippen LogP contribution in [0.4, 0.5) is 0 Å². The molecule has 17 heavy (non-hydrogen) atoms. The number of esters is 2. The molecule has 0 aromatic carbocycles. The van der Waals surface area contributed by atoms with Crippen LogP contribution in [0.5, 0.6) is 0 Å². The average Bonchev–Trinajstić information content (AvgIpc) is 2.34. The molecule has 0 radical (unpaired) electrons. The topological polar surface area (TPSA) is 52.6 Å². The van der Waals surface area contributed by atoms with E-state index in [9.17, 15) is 9.59 Å². The van der Waals surface area contributed by atoms with Gasteiger partial charge in [-0.25, -0.2) is 0 Å². The van der Waals surface area contributed by atoms with Crippen LogP contribution >= 0.6 is 0 Å². The van der Waals surface area contributed by atoms with Crippen molar-refractivity contribution in [2.24, 2.45) is 11.8 Å². The fraction of sp³-hybridized carbons (Fsp3) is 0.538. The summed E-state index contributed by atoms with van der Waals surface area (Å²) in [5.74, 6) is 2.64. The highest BCUT2D eigenvalue weighted by Gasteiger charge is 2.31. The van der Waals surface area contributed by atoms with Crippen LogP contribution < -0.4 is 0 Å². The smallest absolute Gasteiger partial charge is 0.320 e. The summed E-state index contributed by atoms with van der Waals surface area (Å²) in [6.45, 7) is 0. The van der Waals surface area contributed by atoms with Gasteiger partial charge in [-0.1, -0.05) is 0 Å². The van der Waals surface area contributed by atoms with Gasteiger partial charge in [0.2, 0.25) is 0 Å². The van der Waals surface area contributed by atoms with Crippen molar-refractivity contribution in [2.75, 3.05) is 14.2 Å². The zero-order valence-electron chi connectivity index (χ0n) is 10.1. The number of hydrogen-bond donors (Lipinski definition) is 0. The highest BCUT2D eigenvalue weighted by Crippen LogP contribution is 2.21. The molecule has 0 aromatic heterocycles.